The number of hydrogen-bond donors (Lipinski definition) is 0. The largest absolute Gasteiger partial charge is 0.417 e. The van der Waals surface area contributed by atoms with Gasteiger partial charge in [-0.2, -0.15) is 0 Å². The number of halogens is 1. The second kappa shape index (κ2) is 7.76. The molecular formula is C7H16BrOSi. The van der Waals surface area contributed by atoms with Crippen molar-refractivity contribution in [3.8, 4) is 0 Å². The van der Waals surface area contributed by atoms with Crippen LogP contribution >= 0.6 is 15.9 Å². The van der Waals surface area contributed by atoms with Gasteiger partial charge in [0.2, 0.25) is 9.04 Å². The number of rotatable bonds is 6. The maximum atomic E-state index is 5.47. The van der Waals surface area contributed by atoms with Crippen LogP contribution in [0.5, 0.6) is 0 Å². The molecule has 0 fully saturated rings. The topological polar surface area (TPSA) is 9.23 Å². The molecule has 1 radical (unpaired) electrons. The maximum Gasteiger partial charge on any atom is 0.204 e. The minimum atomic E-state index is -0.433. The van der Waals surface area contributed by atoms with Crippen molar-refractivity contribution >= 4 is 25.0 Å². The second-order valence-corrected chi connectivity index (χ2v) is 5.40. The fraction of sp³-hybridized carbons (Fsp3) is 1.00. The lowest BCUT2D eigenvalue weighted by molar-refractivity contribution is 0.314. The highest BCUT2D eigenvalue weighted by atomic mass is 79.9. The Bertz CT molecular complexity index is 68.6. The molecule has 0 aliphatic heterocycles. The summed E-state index contributed by atoms with van der Waals surface area (Å²) < 4.78 is 5.47. The van der Waals surface area contributed by atoms with E-state index in [0.29, 0.717) is 0 Å². The molecule has 0 heterocycles. The van der Waals surface area contributed by atoms with E-state index in [0.717, 1.165) is 11.9 Å². The Kier molecular flexibility index (Phi) is 8.27. The molecule has 0 amide bonds. The summed E-state index contributed by atoms with van der Waals surface area (Å²) in [4.78, 5) is 0. The van der Waals surface area contributed by atoms with Crippen LogP contribution < -0.4 is 0 Å². The van der Waals surface area contributed by atoms with E-state index >= 15 is 0 Å². The normalized spacial score (nSPS) is 10.8. The van der Waals surface area contributed by atoms with E-state index in [9.17, 15) is 0 Å². The van der Waals surface area contributed by atoms with Crippen molar-refractivity contribution in [2.24, 2.45) is 0 Å². The molecule has 10 heavy (non-hydrogen) atoms. The lowest BCUT2D eigenvalue weighted by Gasteiger charge is -2.04. The van der Waals surface area contributed by atoms with Crippen molar-refractivity contribution in [1.82, 2.24) is 0 Å². The molecule has 61 valence electrons. The predicted octanol–water partition coefficient (Wildman–Crippen LogP) is 2.82. The Labute approximate surface area is 74.0 Å². The first-order chi connectivity index (χ1) is 4.77. The van der Waals surface area contributed by atoms with Crippen LogP contribution in [0.15, 0.2) is 0 Å². The number of unbranched alkanes of at least 4 members (excludes halogenated alkanes) is 2. The van der Waals surface area contributed by atoms with E-state index in [2.05, 4.69) is 29.0 Å². The molecule has 0 bridgehead atoms. The summed E-state index contributed by atoms with van der Waals surface area (Å²) >= 11 is 3.40. The van der Waals surface area contributed by atoms with Crippen LogP contribution in [0.2, 0.25) is 13.1 Å². The first-order valence-electron chi connectivity index (χ1n) is 3.76. The monoisotopic (exact) mass is 223 g/mol. The molecule has 0 aromatic heterocycles. The Morgan fingerprint density at radius 3 is 2.40 bits per heavy atom. The van der Waals surface area contributed by atoms with Crippen LogP contribution in [0.1, 0.15) is 19.3 Å². The van der Waals surface area contributed by atoms with Crippen LogP contribution in [0.4, 0.5) is 0 Å². The van der Waals surface area contributed by atoms with Crippen LogP contribution in [0, 0.1) is 0 Å². The van der Waals surface area contributed by atoms with E-state index in [1.807, 2.05) is 0 Å². The van der Waals surface area contributed by atoms with Gasteiger partial charge in [-0.3, -0.25) is 0 Å². The zero-order valence-corrected chi connectivity index (χ0v) is 9.41. The van der Waals surface area contributed by atoms with E-state index in [-0.39, 0.29) is 0 Å². The van der Waals surface area contributed by atoms with Gasteiger partial charge in [0.05, 0.1) is 0 Å². The molecule has 0 saturated heterocycles. The number of hydrogen-bond acceptors (Lipinski definition) is 1. The molecule has 0 atom stereocenters. The molecule has 0 rings (SSSR count). The zero-order chi connectivity index (χ0) is 7.82. The summed E-state index contributed by atoms with van der Waals surface area (Å²) in [5.74, 6) is 0. The van der Waals surface area contributed by atoms with Crippen molar-refractivity contribution in [2.75, 3.05) is 11.9 Å². The second-order valence-electron chi connectivity index (χ2n) is 2.51. The van der Waals surface area contributed by atoms with Gasteiger partial charge in [0.1, 0.15) is 0 Å². The van der Waals surface area contributed by atoms with Crippen molar-refractivity contribution in [2.45, 2.75) is 32.4 Å². The minimum Gasteiger partial charge on any atom is -0.417 e. The van der Waals surface area contributed by atoms with Gasteiger partial charge in [-0.05, 0) is 25.9 Å². The molecule has 0 aromatic rings. The zero-order valence-electron chi connectivity index (χ0n) is 6.82. The van der Waals surface area contributed by atoms with E-state index < -0.39 is 9.04 Å². The van der Waals surface area contributed by atoms with Crippen molar-refractivity contribution in [1.29, 1.82) is 0 Å². The summed E-state index contributed by atoms with van der Waals surface area (Å²) in [6.07, 6.45) is 3.79. The third kappa shape index (κ3) is 8.66. The molecule has 0 spiro atoms. The van der Waals surface area contributed by atoms with Crippen molar-refractivity contribution < 1.29 is 4.43 Å². The molecule has 3 heteroatoms. The Morgan fingerprint density at radius 1 is 1.20 bits per heavy atom. The smallest absolute Gasteiger partial charge is 0.204 e. The molecule has 0 aliphatic carbocycles. The number of alkyl halides is 1. The van der Waals surface area contributed by atoms with Gasteiger partial charge in [0.15, 0.2) is 0 Å². The molecule has 1 nitrogen and oxygen atoms in total. The maximum absolute atomic E-state index is 5.47. The van der Waals surface area contributed by atoms with Crippen LogP contribution in [0.3, 0.4) is 0 Å². The van der Waals surface area contributed by atoms with Gasteiger partial charge in [-0.15, -0.1) is 0 Å². The van der Waals surface area contributed by atoms with Crippen molar-refractivity contribution in [3.63, 3.8) is 0 Å². The summed E-state index contributed by atoms with van der Waals surface area (Å²) in [6, 6.07) is 0. The van der Waals surface area contributed by atoms with Crippen LogP contribution in [-0.2, 0) is 4.43 Å². The molecule has 0 aliphatic rings. The van der Waals surface area contributed by atoms with Gasteiger partial charge >= 0.3 is 0 Å². The Hall–Kier alpha value is 0.657. The van der Waals surface area contributed by atoms with Gasteiger partial charge in [-0.25, -0.2) is 0 Å². The first-order valence-corrected chi connectivity index (χ1v) is 7.29. The molecule has 0 saturated carbocycles. The van der Waals surface area contributed by atoms with E-state index in [1.165, 1.54) is 19.3 Å². The van der Waals surface area contributed by atoms with Gasteiger partial charge in [0.25, 0.3) is 0 Å². The highest BCUT2D eigenvalue weighted by molar-refractivity contribution is 9.09. The van der Waals surface area contributed by atoms with Crippen LogP contribution in [-0.4, -0.2) is 21.0 Å². The molecular weight excluding hydrogens is 208 g/mol. The highest BCUT2D eigenvalue weighted by Gasteiger charge is 1.94. The SMILES string of the molecule is C[Si](C)OCCCCCBr. The van der Waals surface area contributed by atoms with Gasteiger partial charge in [-0.1, -0.05) is 22.4 Å². The van der Waals surface area contributed by atoms with E-state index in [1.54, 1.807) is 0 Å². The first kappa shape index (κ1) is 10.7. The summed E-state index contributed by atoms with van der Waals surface area (Å²) in [5.41, 5.74) is 0. The molecule has 0 N–H and O–H groups in total. The Balaban J connectivity index is 2.77. The average molecular weight is 224 g/mol. The lowest BCUT2D eigenvalue weighted by atomic mass is 10.3. The van der Waals surface area contributed by atoms with Gasteiger partial charge < -0.3 is 4.43 Å². The average Bonchev–Trinajstić information content (AvgIpc) is 1.87. The fourth-order valence-corrected chi connectivity index (χ4v) is 1.60. The summed E-state index contributed by atoms with van der Waals surface area (Å²) in [5, 5.41) is 1.13. The fourth-order valence-electron chi connectivity index (χ4n) is 0.650. The third-order valence-electron chi connectivity index (χ3n) is 1.17. The molecule has 0 unspecified atom stereocenters. The Morgan fingerprint density at radius 2 is 1.90 bits per heavy atom. The lowest BCUT2D eigenvalue weighted by Crippen LogP contribution is -2.08. The predicted molar refractivity (Wildman–Crippen MR) is 51.1 cm³/mol. The van der Waals surface area contributed by atoms with Gasteiger partial charge in [0, 0.05) is 11.9 Å². The van der Waals surface area contributed by atoms with Crippen molar-refractivity contribution in [3.05, 3.63) is 0 Å². The van der Waals surface area contributed by atoms with Crippen LogP contribution in [0.25, 0.3) is 0 Å². The minimum absolute atomic E-state index is 0.433. The summed E-state index contributed by atoms with van der Waals surface area (Å²) in [6.45, 7) is 5.32. The molecule has 0 aromatic carbocycles. The third-order valence-corrected chi connectivity index (χ3v) is 2.51. The quantitative estimate of drug-likeness (QED) is 0.383. The highest BCUT2D eigenvalue weighted by Crippen LogP contribution is 1.99. The summed E-state index contributed by atoms with van der Waals surface area (Å²) in [7, 11) is -0.433. The standard InChI is InChI=1S/C7H16BrOSi/c1-10(2)9-7-5-3-4-6-8/h3-7H2,1-2H3. The van der Waals surface area contributed by atoms with E-state index in [4.69, 9.17) is 4.43 Å².